The summed E-state index contributed by atoms with van der Waals surface area (Å²) in [5.74, 6) is 0.484. The zero-order valence-corrected chi connectivity index (χ0v) is 12.8. The number of para-hydroxylation sites is 1. The fraction of sp³-hybridized carbons (Fsp3) is 0.429. The molecule has 0 fully saturated rings. The van der Waals surface area contributed by atoms with Crippen molar-refractivity contribution in [3.8, 4) is 0 Å². The van der Waals surface area contributed by atoms with E-state index in [0.29, 0.717) is 12.3 Å². The second-order valence-electron chi connectivity index (χ2n) is 5.06. The average molecular weight is 296 g/mol. The minimum absolute atomic E-state index is 0.151. The number of hydrogen-bond donors (Lipinski definition) is 2. The molecule has 1 rings (SSSR count). The van der Waals surface area contributed by atoms with Crippen LogP contribution in [0.3, 0.4) is 0 Å². The molecule has 0 unspecified atom stereocenters. The molecule has 0 aliphatic carbocycles. The number of hydrogen-bond acceptors (Lipinski definition) is 4. The third kappa shape index (κ3) is 7.68. The summed E-state index contributed by atoms with van der Waals surface area (Å²) in [5.41, 5.74) is 0.243. The van der Waals surface area contributed by atoms with Crippen LogP contribution in [0.4, 0.5) is 15.3 Å². The molecule has 0 saturated heterocycles. The van der Waals surface area contributed by atoms with Crippen LogP contribution in [-0.2, 0) is 4.74 Å². The Morgan fingerprint density at radius 2 is 1.85 bits per heavy atom. The maximum absolute atomic E-state index is 11.6. The Balaban J connectivity index is 2.15. The van der Waals surface area contributed by atoms with Gasteiger partial charge < -0.3 is 15.4 Å². The van der Waals surface area contributed by atoms with Gasteiger partial charge in [0.15, 0.2) is 0 Å². The lowest BCUT2D eigenvalue weighted by Gasteiger charge is -2.19. The summed E-state index contributed by atoms with van der Waals surface area (Å²) >= 11 is 1.11. The Hall–Kier alpha value is -1.69. The maximum atomic E-state index is 11.6. The van der Waals surface area contributed by atoms with Crippen LogP contribution in [0.2, 0.25) is 0 Å². The number of thioether (sulfide) groups is 1. The van der Waals surface area contributed by atoms with E-state index in [0.717, 1.165) is 17.4 Å². The quantitative estimate of drug-likeness (QED) is 0.835. The maximum Gasteiger partial charge on any atom is 0.407 e. The van der Waals surface area contributed by atoms with Crippen molar-refractivity contribution in [1.82, 2.24) is 5.32 Å². The fourth-order valence-electron chi connectivity index (χ4n) is 1.29. The standard InChI is InChI=1S/C14H20N2O3S/c1-14(2,3)19-12(17)15-9-10-20-13(18)16-11-7-5-4-6-8-11/h4-8H,9-10H2,1-3H3,(H,15,17)(H,16,18). The molecular weight excluding hydrogens is 276 g/mol. The number of carbonyl (C=O) groups excluding carboxylic acids is 2. The molecule has 1 aromatic rings. The van der Waals surface area contributed by atoms with Crippen LogP contribution in [-0.4, -0.2) is 29.2 Å². The van der Waals surface area contributed by atoms with Crippen molar-refractivity contribution in [3.63, 3.8) is 0 Å². The van der Waals surface area contributed by atoms with Crippen molar-refractivity contribution in [3.05, 3.63) is 30.3 Å². The van der Waals surface area contributed by atoms with E-state index >= 15 is 0 Å². The van der Waals surface area contributed by atoms with Crippen LogP contribution in [0.1, 0.15) is 20.8 Å². The van der Waals surface area contributed by atoms with E-state index in [1.165, 1.54) is 0 Å². The highest BCUT2D eigenvalue weighted by Gasteiger charge is 2.15. The van der Waals surface area contributed by atoms with E-state index in [2.05, 4.69) is 10.6 Å². The smallest absolute Gasteiger partial charge is 0.407 e. The molecule has 0 heterocycles. The van der Waals surface area contributed by atoms with Crippen LogP contribution >= 0.6 is 11.8 Å². The summed E-state index contributed by atoms with van der Waals surface area (Å²) in [6, 6.07) is 9.22. The molecule has 1 aromatic carbocycles. The number of alkyl carbamates (subject to hydrolysis) is 1. The van der Waals surface area contributed by atoms with Crippen molar-refractivity contribution in [2.24, 2.45) is 0 Å². The fourth-order valence-corrected chi connectivity index (χ4v) is 1.87. The van der Waals surface area contributed by atoms with E-state index < -0.39 is 11.7 Å². The van der Waals surface area contributed by atoms with E-state index in [1.54, 1.807) is 20.8 Å². The van der Waals surface area contributed by atoms with Gasteiger partial charge in [0.05, 0.1) is 0 Å². The van der Waals surface area contributed by atoms with Gasteiger partial charge in [0.25, 0.3) is 5.24 Å². The summed E-state index contributed by atoms with van der Waals surface area (Å²) in [6.45, 7) is 5.78. The molecule has 0 spiro atoms. The number of carbonyl (C=O) groups is 2. The molecule has 0 aromatic heterocycles. The molecule has 0 aliphatic heterocycles. The van der Waals surface area contributed by atoms with Gasteiger partial charge in [-0.1, -0.05) is 30.0 Å². The van der Waals surface area contributed by atoms with Gasteiger partial charge in [0.1, 0.15) is 5.60 Å². The lowest BCUT2D eigenvalue weighted by molar-refractivity contribution is 0.0531. The molecule has 0 bridgehead atoms. The van der Waals surface area contributed by atoms with Gasteiger partial charge in [0.2, 0.25) is 0 Å². The second kappa shape index (κ2) is 7.79. The summed E-state index contributed by atoms with van der Waals surface area (Å²) < 4.78 is 5.08. The van der Waals surface area contributed by atoms with Crippen molar-refractivity contribution in [2.45, 2.75) is 26.4 Å². The average Bonchev–Trinajstić information content (AvgIpc) is 2.34. The van der Waals surface area contributed by atoms with Crippen LogP contribution in [0.15, 0.2) is 30.3 Å². The molecule has 6 heteroatoms. The first-order valence-corrected chi connectivity index (χ1v) is 7.31. The van der Waals surface area contributed by atoms with Crippen molar-refractivity contribution in [1.29, 1.82) is 0 Å². The number of amides is 2. The molecular formula is C14H20N2O3S. The van der Waals surface area contributed by atoms with Gasteiger partial charge in [-0.05, 0) is 32.9 Å². The SMILES string of the molecule is CC(C)(C)OC(=O)NCCSC(=O)Nc1ccccc1. The van der Waals surface area contributed by atoms with Gasteiger partial charge in [0, 0.05) is 18.0 Å². The Kier molecular flexibility index (Phi) is 6.38. The molecule has 2 N–H and O–H groups in total. The van der Waals surface area contributed by atoms with Crippen LogP contribution in [0.25, 0.3) is 0 Å². The third-order valence-electron chi connectivity index (χ3n) is 2.02. The summed E-state index contributed by atoms with van der Waals surface area (Å²) in [7, 11) is 0. The Morgan fingerprint density at radius 1 is 1.20 bits per heavy atom. The monoisotopic (exact) mass is 296 g/mol. The normalized spacial score (nSPS) is 10.8. The first kappa shape index (κ1) is 16.4. The molecule has 2 amide bonds. The molecule has 110 valence electrons. The third-order valence-corrected chi connectivity index (χ3v) is 2.80. The lowest BCUT2D eigenvalue weighted by Crippen LogP contribution is -2.33. The first-order valence-electron chi connectivity index (χ1n) is 6.32. The zero-order chi connectivity index (χ0) is 15.0. The number of anilines is 1. The Morgan fingerprint density at radius 3 is 2.45 bits per heavy atom. The van der Waals surface area contributed by atoms with Crippen LogP contribution in [0.5, 0.6) is 0 Å². The minimum atomic E-state index is -0.512. The van der Waals surface area contributed by atoms with E-state index in [4.69, 9.17) is 4.74 Å². The molecule has 0 saturated carbocycles. The summed E-state index contributed by atoms with van der Waals surface area (Å²) in [4.78, 5) is 22.9. The predicted molar refractivity (Wildman–Crippen MR) is 82.2 cm³/mol. The van der Waals surface area contributed by atoms with Gasteiger partial charge in [-0.3, -0.25) is 4.79 Å². The highest BCUT2D eigenvalue weighted by atomic mass is 32.2. The molecule has 0 aliphatic rings. The molecule has 20 heavy (non-hydrogen) atoms. The van der Waals surface area contributed by atoms with Gasteiger partial charge in [-0.2, -0.15) is 0 Å². The van der Waals surface area contributed by atoms with E-state index in [9.17, 15) is 9.59 Å². The van der Waals surface area contributed by atoms with Crippen LogP contribution in [0, 0.1) is 0 Å². The largest absolute Gasteiger partial charge is 0.444 e. The molecule has 0 atom stereocenters. The first-order chi connectivity index (χ1) is 9.37. The number of ether oxygens (including phenoxy) is 1. The zero-order valence-electron chi connectivity index (χ0n) is 11.9. The molecule has 5 nitrogen and oxygen atoms in total. The Labute approximate surface area is 123 Å². The van der Waals surface area contributed by atoms with Gasteiger partial charge in [-0.25, -0.2) is 4.79 Å². The van der Waals surface area contributed by atoms with E-state index in [-0.39, 0.29) is 5.24 Å². The van der Waals surface area contributed by atoms with Crippen molar-refractivity contribution in [2.75, 3.05) is 17.6 Å². The minimum Gasteiger partial charge on any atom is -0.444 e. The van der Waals surface area contributed by atoms with Crippen LogP contribution < -0.4 is 10.6 Å². The van der Waals surface area contributed by atoms with Gasteiger partial charge >= 0.3 is 6.09 Å². The topological polar surface area (TPSA) is 67.4 Å². The lowest BCUT2D eigenvalue weighted by atomic mass is 10.2. The van der Waals surface area contributed by atoms with Gasteiger partial charge in [-0.15, -0.1) is 0 Å². The molecule has 0 radical (unpaired) electrons. The van der Waals surface area contributed by atoms with E-state index in [1.807, 2.05) is 30.3 Å². The number of benzene rings is 1. The highest BCUT2D eigenvalue weighted by Crippen LogP contribution is 2.10. The van der Waals surface area contributed by atoms with Crippen molar-refractivity contribution >= 4 is 28.8 Å². The highest BCUT2D eigenvalue weighted by molar-refractivity contribution is 8.13. The Bertz CT molecular complexity index is 443. The second-order valence-corrected chi connectivity index (χ2v) is 6.12. The predicted octanol–water partition coefficient (Wildman–Crippen LogP) is 3.48. The number of rotatable bonds is 4. The number of nitrogens with one attached hydrogen (secondary N) is 2. The summed E-state index contributed by atoms with van der Waals surface area (Å²) in [6.07, 6.45) is -0.471. The van der Waals surface area contributed by atoms with Crippen molar-refractivity contribution < 1.29 is 14.3 Å². The summed E-state index contributed by atoms with van der Waals surface area (Å²) in [5, 5.41) is 5.19.